The molecule has 5 heteroatoms. The number of aryl methyl sites for hydroxylation is 1. The van der Waals surface area contributed by atoms with Crippen LogP contribution in [-0.2, 0) is 4.79 Å². The van der Waals surface area contributed by atoms with E-state index in [1.807, 2.05) is 98.8 Å². The van der Waals surface area contributed by atoms with Crippen molar-refractivity contribution < 1.29 is 4.79 Å². The largest absolute Gasteiger partial charge is 0.344 e. The van der Waals surface area contributed by atoms with Gasteiger partial charge in [0.15, 0.2) is 0 Å². The van der Waals surface area contributed by atoms with Crippen molar-refractivity contribution >= 4 is 28.6 Å². The molecule has 1 aromatic heterocycles. The third-order valence-electron chi connectivity index (χ3n) is 4.89. The van der Waals surface area contributed by atoms with Crippen molar-refractivity contribution in [2.45, 2.75) is 30.2 Å². The maximum Gasteiger partial charge on any atom is 0.234 e. The third kappa shape index (κ3) is 4.52. The van der Waals surface area contributed by atoms with E-state index in [2.05, 4.69) is 15.3 Å². The first kappa shape index (κ1) is 20.1. The summed E-state index contributed by atoms with van der Waals surface area (Å²) >= 11 is 1.46. The molecule has 1 heterocycles. The molecule has 1 amide bonds. The predicted octanol–water partition coefficient (Wildman–Crippen LogP) is 5.32. The highest BCUT2D eigenvalue weighted by atomic mass is 32.2. The number of amides is 1. The van der Waals surface area contributed by atoms with Crippen LogP contribution in [0.1, 0.15) is 29.9 Å². The number of hydrogen-bond acceptors (Lipinski definition) is 4. The Morgan fingerprint density at radius 2 is 1.40 bits per heavy atom. The number of carbonyl (C=O) groups excluding carboxylic acids is 1. The molecular formula is C25H23N3OS. The second-order valence-electron chi connectivity index (χ2n) is 7.12. The van der Waals surface area contributed by atoms with E-state index in [0.717, 1.165) is 27.1 Å². The van der Waals surface area contributed by atoms with Crippen LogP contribution >= 0.6 is 11.8 Å². The average molecular weight is 414 g/mol. The summed E-state index contributed by atoms with van der Waals surface area (Å²) in [6.07, 6.45) is 0. The summed E-state index contributed by atoms with van der Waals surface area (Å²) < 4.78 is 0. The monoisotopic (exact) mass is 413 g/mol. The molecule has 0 saturated carbocycles. The number of benzene rings is 3. The molecule has 0 fully saturated rings. The Hall–Kier alpha value is -3.18. The quantitative estimate of drug-likeness (QED) is 0.343. The predicted molar refractivity (Wildman–Crippen MR) is 122 cm³/mol. The van der Waals surface area contributed by atoms with Gasteiger partial charge in [0, 0.05) is 5.39 Å². The molecular weight excluding hydrogens is 390 g/mol. The first-order chi connectivity index (χ1) is 14.6. The second-order valence-corrected chi connectivity index (χ2v) is 8.45. The molecule has 1 atom stereocenters. The maximum atomic E-state index is 13.2. The Labute approximate surface area is 180 Å². The van der Waals surface area contributed by atoms with Crippen molar-refractivity contribution in [3.05, 3.63) is 102 Å². The van der Waals surface area contributed by atoms with Gasteiger partial charge in [-0.25, -0.2) is 9.97 Å². The van der Waals surface area contributed by atoms with Gasteiger partial charge in [0.1, 0.15) is 10.9 Å². The molecule has 1 N–H and O–H groups in total. The minimum atomic E-state index is -0.308. The van der Waals surface area contributed by atoms with Crippen LogP contribution in [0.2, 0.25) is 0 Å². The number of nitrogens with zero attached hydrogens (tertiary/aromatic N) is 2. The Bertz CT molecular complexity index is 1110. The molecule has 0 bridgehead atoms. The lowest BCUT2D eigenvalue weighted by atomic mass is 9.98. The molecule has 0 radical (unpaired) electrons. The number of thioether (sulfide) groups is 1. The van der Waals surface area contributed by atoms with Crippen molar-refractivity contribution in [2.24, 2.45) is 0 Å². The molecule has 0 saturated heterocycles. The number of aromatic nitrogens is 2. The molecule has 4 rings (SSSR count). The van der Waals surface area contributed by atoms with E-state index in [0.29, 0.717) is 5.82 Å². The van der Waals surface area contributed by atoms with Crippen molar-refractivity contribution in [2.75, 3.05) is 0 Å². The van der Waals surface area contributed by atoms with Crippen LogP contribution in [-0.4, -0.2) is 21.1 Å². The summed E-state index contributed by atoms with van der Waals surface area (Å²) in [5.74, 6) is 0.674. The molecule has 4 aromatic rings. The highest BCUT2D eigenvalue weighted by Gasteiger charge is 2.22. The van der Waals surface area contributed by atoms with Gasteiger partial charge in [-0.1, -0.05) is 90.6 Å². The topological polar surface area (TPSA) is 54.9 Å². The summed E-state index contributed by atoms with van der Waals surface area (Å²) in [4.78, 5) is 22.2. The molecule has 30 heavy (non-hydrogen) atoms. The molecule has 3 aromatic carbocycles. The zero-order valence-electron chi connectivity index (χ0n) is 16.9. The molecule has 0 aliphatic heterocycles. The minimum Gasteiger partial charge on any atom is -0.344 e. The van der Waals surface area contributed by atoms with Crippen molar-refractivity contribution in [3.63, 3.8) is 0 Å². The summed E-state index contributed by atoms with van der Waals surface area (Å²) in [5, 5.41) is 4.72. The third-order valence-corrected chi connectivity index (χ3v) is 5.99. The SMILES string of the molecule is Cc1nc(SC(C)C(=O)NC(c2ccccc2)c2ccccc2)c2ccccc2n1. The van der Waals surface area contributed by atoms with E-state index >= 15 is 0 Å². The summed E-state index contributed by atoms with van der Waals surface area (Å²) in [6.45, 7) is 3.79. The van der Waals surface area contributed by atoms with Gasteiger partial charge in [-0.05, 0) is 31.0 Å². The fraction of sp³-hybridized carbons (Fsp3) is 0.160. The van der Waals surface area contributed by atoms with Crippen LogP contribution in [0.5, 0.6) is 0 Å². The van der Waals surface area contributed by atoms with Crippen LogP contribution in [0.25, 0.3) is 10.9 Å². The summed E-state index contributed by atoms with van der Waals surface area (Å²) in [5.41, 5.74) is 3.00. The first-order valence-corrected chi connectivity index (χ1v) is 10.8. The lowest BCUT2D eigenvalue weighted by Crippen LogP contribution is -2.35. The van der Waals surface area contributed by atoms with Crippen LogP contribution in [0.15, 0.2) is 90.0 Å². The lowest BCUT2D eigenvalue weighted by molar-refractivity contribution is -0.120. The standard InChI is InChI=1S/C25H23N3OS/c1-17(30-25-21-15-9-10-16-22(21)26-18(2)27-25)24(29)28-23(19-11-5-3-6-12-19)20-13-7-4-8-14-20/h3-17,23H,1-2H3,(H,28,29). The van der Waals surface area contributed by atoms with Gasteiger partial charge >= 0.3 is 0 Å². The Balaban J connectivity index is 1.58. The van der Waals surface area contributed by atoms with Gasteiger partial charge in [0.25, 0.3) is 0 Å². The summed E-state index contributed by atoms with van der Waals surface area (Å²) in [6, 6.07) is 27.8. The Morgan fingerprint density at radius 3 is 2.03 bits per heavy atom. The van der Waals surface area contributed by atoms with E-state index in [1.165, 1.54) is 11.8 Å². The van der Waals surface area contributed by atoms with E-state index in [1.54, 1.807) is 0 Å². The number of para-hydroxylation sites is 1. The zero-order valence-corrected chi connectivity index (χ0v) is 17.8. The minimum absolute atomic E-state index is 0.0296. The average Bonchev–Trinajstić information content (AvgIpc) is 2.78. The molecule has 0 aliphatic carbocycles. The number of carbonyl (C=O) groups is 1. The van der Waals surface area contributed by atoms with Gasteiger partial charge in [-0.2, -0.15) is 0 Å². The number of hydrogen-bond donors (Lipinski definition) is 1. The van der Waals surface area contributed by atoms with Crippen LogP contribution in [0.4, 0.5) is 0 Å². The Morgan fingerprint density at radius 1 is 0.833 bits per heavy atom. The van der Waals surface area contributed by atoms with Crippen molar-refractivity contribution in [1.29, 1.82) is 0 Å². The molecule has 150 valence electrons. The lowest BCUT2D eigenvalue weighted by Gasteiger charge is -2.22. The highest BCUT2D eigenvalue weighted by Crippen LogP contribution is 2.29. The van der Waals surface area contributed by atoms with Gasteiger partial charge in [0.05, 0.1) is 16.8 Å². The number of rotatable bonds is 6. The zero-order chi connectivity index (χ0) is 20.9. The van der Waals surface area contributed by atoms with Crippen LogP contribution < -0.4 is 5.32 Å². The maximum absolute atomic E-state index is 13.2. The van der Waals surface area contributed by atoms with Crippen LogP contribution in [0, 0.1) is 6.92 Å². The van der Waals surface area contributed by atoms with Gasteiger partial charge in [-0.3, -0.25) is 4.79 Å². The molecule has 1 unspecified atom stereocenters. The van der Waals surface area contributed by atoms with E-state index in [-0.39, 0.29) is 17.2 Å². The normalized spacial score (nSPS) is 12.1. The van der Waals surface area contributed by atoms with Crippen LogP contribution in [0.3, 0.4) is 0 Å². The van der Waals surface area contributed by atoms with E-state index in [9.17, 15) is 4.79 Å². The smallest absolute Gasteiger partial charge is 0.234 e. The fourth-order valence-corrected chi connectivity index (χ4v) is 4.37. The van der Waals surface area contributed by atoms with E-state index in [4.69, 9.17) is 0 Å². The van der Waals surface area contributed by atoms with Gasteiger partial charge in [0.2, 0.25) is 5.91 Å². The number of nitrogens with one attached hydrogen (secondary N) is 1. The summed E-state index contributed by atoms with van der Waals surface area (Å²) in [7, 11) is 0. The first-order valence-electron chi connectivity index (χ1n) is 9.92. The van der Waals surface area contributed by atoms with Gasteiger partial charge < -0.3 is 5.32 Å². The molecule has 0 aliphatic rings. The number of fused-ring (bicyclic) bond motifs is 1. The highest BCUT2D eigenvalue weighted by molar-refractivity contribution is 8.00. The second kappa shape index (κ2) is 9.09. The van der Waals surface area contributed by atoms with Crippen molar-refractivity contribution in [3.8, 4) is 0 Å². The molecule has 4 nitrogen and oxygen atoms in total. The van der Waals surface area contributed by atoms with E-state index < -0.39 is 0 Å². The Kier molecular flexibility index (Phi) is 6.10. The van der Waals surface area contributed by atoms with Gasteiger partial charge in [-0.15, -0.1) is 0 Å². The van der Waals surface area contributed by atoms with Crippen molar-refractivity contribution in [1.82, 2.24) is 15.3 Å². The molecule has 0 spiro atoms. The fourth-order valence-electron chi connectivity index (χ4n) is 3.38.